The zero-order valence-electron chi connectivity index (χ0n) is 12.1. The van der Waals surface area contributed by atoms with Gasteiger partial charge in [0.25, 0.3) is 0 Å². The second-order valence-corrected chi connectivity index (χ2v) is 5.62. The molecule has 0 spiro atoms. The third-order valence-corrected chi connectivity index (χ3v) is 4.10. The number of alkyl halides is 6. The molecule has 0 heterocycles. The molecule has 3 N–H and O–H groups in total. The van der Waals surface area contributed by atoms with Crippen LogP contribution in [0.5, 0.6) is 0 Å². The molecule has 10 heteroatoms. The minimum atomic E-state index is -5.23. The summed E-state index contributed by atoms with van der Waals surface area (Å²) in [5, 5.41) is 9.95. The number of rotatable bonds is 3. The monoisotopic (exact) mass is 381 g/mol. The van der Waals surface area contributed by atoms with Gasteiger partial charge in [-0.15, -0.1) is 12.4 Å². The van der Waals surface area contributed by atoms with Crippen LogP contribution >= 0.6 is 12.4 Å². The Morgan fingerprint density at radius 2 is 1.58 bits per heavy atom. The van der Waals surface area contributed by atoms with Crippen molar-refractivity contribution in [2.45, 2.75) is 43.8 Å². The Morgan fingerprint density at radius 3 is 1.96 bits per heavy atom. The highest BCUT2D eigenvalue weighted by Gasteiger charge is 2.43. The molecule has 1 aliphatic carbocycles. The van der Waals surface area contributed by atoms with E-state index in [1.54, 1.807) is 0 Å². The van der Waals surface area contributed by atoms with Crippen molar-refractivity contribution >= 4 is 12.4 Å². The zero-order chi connectivity index (χ0) is 17.6. The molecule has 0 bridgehead atoms. The fraction of sp³-hybridized carbons (Fsp3) is 0.571. The number of aliphatic hydroxyl groups is 1. The number of hydrogen-bond donors (Lipinski definition) is 2. The Labute approximate surface area is 139 Å². The van der Waals surface area contributed by atoms with E-state index in [9.17, 15) is 35.8 Å². The van der Waals surface area contributed by atoms with Crippen molar-refractivity contribution in [1.29, 1.82) is 0 Å². The molecule has 1 aliphatic rings. The van der Waals surface area contributed by atoms with Crippen molar-refractivity contribution in [1.82, 2.24) is 0 Å². The summed E-state index contributed by atoms with van der Waals surface area (Å²) in [4.78, 5) is 0. The average molecular weight is 382 g/mol. The Hall–Kier alpha value is -1.06. The van der Waals surface area contributed by atoms with Crippen LogP contribution in [0.2, 0.25) is 0 Å². The van der Waals surface area contributed by atoms with Gasteiger partial charge in [0.2, 0.25) is 0 Å². The molecule has 0 amide bonds. The average Bonchev–Trinajstić information content (AvgIpc) is 2.32. The summed E-state index contributed by atoms with van der Waals surface area (Å²) in [5.41, 5.74) is 0.838. The van der Waals surface area contributed by atoms with Crippen LogP contribution in [0.3, 0.4) is 0 Å². The highest BCUT2D eigenvalue weighted by atomic mass is 35.5. The molecule has 138 valence electrons. The molecule has 24 heavy (non-hydrogen) atoms. The van der Waals surface area contributed by atoms with Crippen molar-refractivity contribution in [3.63, 3.8) is 0 Å². The van der Waals surface area contributed by atoms with E-state index in [1.165, 1.54) is 0 Å². The van der Waals surface area contributed by atoms with E-state index >= 15 is 0 Å². The molecule has 2 atom stereocenters. The van der Waals surface area contributed by atoms with Gasteiger partial charge in [-0.2, -0.15) is 26.3 Å². The lowest BCUT2D eigenvalue weighted by Crippen LogP contribution is -2.38. The van der Waals surface area contributed by atoms with Gasteiger partial charge in [0.1, 0.15) is 5.82 Å². The standard InChI is InChI=1S/C14H14F7NO.ClH/c15-9-5-7(13(16,17)18)4-8(14(19,20)21)10(9)11(22)12(23)6-2-1-3-6;/h4-6,11-12,23H,1-3,22H2;1H/t11-,12+;/m0./s1. The van der Waals surface area contributed by atoms with Crippen molar-refractivity contribution in [3.8, 4) is 0 Å². The van der Waals surface area contributed by atoms with E-state index < -0.39 is 47.0 Å². The highest BCUT2D eigenvalue weighted by molar-refractivity contribution is 5.85. The topological polar surface area (TPSA) is 46.2 Å². The van der Waals surface area contributed by atoms with E-state index in [2.05, 4.69) is 0 Å². The Balaban J connectivity index is 0.00000288. The number of aliphatic hydroxyl groups excluding tert-OH is 1. The molecule has 0 saturated heterocycles. The Kier molecular flexibility index (Phi) is 6.16. The molecule has 0 unspecified atom stereocenters. The van der Waals surface area contributed by atoms with E-state index in [0.717, 1.165) is 6.42 Å². The van der Waals surface area contributed by atoms with Crippen molar-refractivity contribution in [3.05, 3.63) is 34.6 Å². The van der Waals surface area contributed by atoms with Gasteiger partial charge in [0.15, 0.2) is 0 Å². The summed E-state index contributed by atoms with van der Waals surface area (Å²) in [6.07, 6.45) is -9.99. The van der Waals surface area contributed by atoms with Crippen LogP contribution in [0.4, 0.5) is 30.7 Å². The SMILES string of the molecule is Cl.N[C@@H](c1c(F)cc(C(F)(F)F)cc1C(F)(F)F)[C@H](O)C1CCC1. The molecular formula is C14H15ClF7NO. The van der Waals surface area contributed by atoms with Gasteiger partial charge in [-0.25, -0.2) is 4.39 Å². The minimum Gasteiger partial charge on any atom is -0.391 e. The predicted octanol–water partition coefficient (Wildman–Crippen LogP) is 4.45. The van der Waals surface area contributed by atoms with E-state index in [0.29, 0.717) is 12.8 Å². The summed E-state index contributed by atoms with van der Waals surface area (Å²) < 4.78 is 90.9. The highest BCUT2D eigenvalue weighted by Crippen LogP contribution is 2.42. The van der Waals surface area contributed by atoms with Gasteiger partial charge in [-0.1, -0.05) is 6.42 Å². The van der Waals surface area contributed by atoms with E-state index in [-0.39, 0.29) is 30.5 Å². The maximum atomic E-state index is 14.0. The minimum absolute atomic E-state index is 0. The summed E-state index contributed by atoms with van der Waals surface area (Å²) in [6, 6.07) is -1.96. The lowest BCUT2D eigenvalue weighted by molar-refractivity contribution is -0.144. The summed E-state index contributed by atoms with van der Waals surface area (Å²) in [5.74, 6) is -2.11. The molecule has 2 rings (SSSR count). The lowest BCUT2D eigenvalue weighted by atomic mass is 9.77. The van der Waals surface area contributed by atoms with Crippen LogP contribution in [0, 0.1) is 11.7 Å². The van der Waals surface area contributed by atoms with E-state index in [4.69, 9.17) is 5.73 Å². The third kappa shape index (κ3) is 4.12. The summed E-state index contributed by atoms with van der Waals surface area (Å²) in [6.45, 7) is 0. The normalized spacial score (nSPS) is 18.5. The first-order chi connectivity index (χ1) is 10.4. The van der Waals surface area contributed by atoms with Crippen molar-refractivity contribution in [2.75, 3.05) is 0 Å². The zero-order valence-corrected chi connectivity index (χ0v) is 12.9. The fourth-order valence-corrected chi connectivity index (χ4v) is 2.60. The van der Waals surface area contributed by atoms with Gasteiger partial charge < -0.3 is 10.8 Å². The third-order valence-electron chi connectivity index (χ3n) is 4.10. The van der Waals surface area contributed by atoms with Crippen LogP contribution in [0.25, 0.3) is 0 Å². The number of halogens is 8. The van der Waals surface area contributed by atoms with Gasteiger partial charge in [-0.3, -0.25) is 0 Å². The second kappa shape index (κ2) is 7.05. The Bertz CT molecular complexity index is 584. The maximum Gasteiger partial charge on any atom is 0.416 e. The van der Waals surface area contributed by atoms with Crippen LogP contribution < -0.4 is 5.73 Å². The molecule has 0 radical (unpaired) electrons. The molecule has 0 aliphatic heterocycles. The number of benzene rings is 1. The first-order valence-corrected chi connectivity index (χ1v) is 6.84. The first kappa shape index (κ1) is 21.0. The van der Waals surface area contributed by atoms with Gasteiger partial charge >= 0.3 is 12.4 Å². The largest absolute Gasteiger partial charge is 0.416 e. The second-order valence-electron chi connectivity index (χ2n) is 5.62. The first-order valence-electron chi connectivity index (χ1n) is 6.84. The fourth-order valence-electron chi connectivity index (χ4n) is 2.60. The van der Waals surface area contributed by atoms with Gasteiger partial charge in [-0.05, 0) is 30.9 Å². The van der Waals surface area contributed by atoms with Crippen LogP contribution in [0.15, 0.2) is 12.1 Å². The van der Waals surface area contributed by atoms with Crippen molar-refractivity contribution < 1.29 is 35.8 Å². The van der Waals surface area contributed by atoms with E-state index in [1.807, 2.05) is 0 Å². The Morgan fingerprint density at radius 1 is 1.04 bits per heavy atom. The van der Waals surface area contributed by atoms with Crippen LogP contribution in [-0.2, 0) is 12.4 Å². The van der Waals surface area contributed by atoms with Crippen LogP contribution in [0.1, 0.15) is 42.0 Å². The van der Waals surface area contributed by atoms with Gasteiger partial charge in [0.05, 0.1) is 23.3 Å². The molecule has 1 aromatic rings. The van der Waals surface area contributed by atoms with Crippen molar-refractivity contribution in [2.24, 2.45) is 11.7 Å². The predicted molar refractivity (Wildman–Crippen MR) is 73.9 cm³/mol. The molecular weight excluding hydrogens is 367 g/mol. The number of hydrogen-bond acceptors (Lipinski definition) is 2. The maximum absolute atomic E-state index is 14.0. The lowest BCUT2D eigenvalue weighted by Gasteiger charge is -2.34. The summed E-state index contributed by atoms with van der Waals surface area (Å²) in [7, 11) is 0. The van der Waals surface area contributed by atoms with Gasteiger partial charge in [0, 0.05) is 5.56 Å². The molecule has 0 aromatic heterocycles. The smallest absolute Gasteiger partial charge is 0.391 e. The molecule has 1 saturated carbocycles. The quantitative estimate of drug-likeness (QED) is 0.760. The molecule has 1 fully saturated rings. The molecule has 1 aromatic carbocycles. The molecule has 2 nitrogen and oxygen atoms in total. The number of nitrogens with two attached hydrogens (primary N) is 1. The van der Waals surface area contributed by atoms with Crippen LogP contribution in [-0.4, -0.2) is 11.2 Å². The summed E-state index contributed by atoms with van der Waals surface area (Å²) >= 11 is 0.